The molecule has 4 aliphatic carbocycles. The number of benzene rings is 2. The first-order valence-corrected chi connectivity index (χ1v) is 16.1. The summed E-state index contributed by atoms with van der Waals surface area (Å²) in [6.45, 7) is 11.3. The Balaban J connectivity index is 1.50. The number of rotatable bonds is 5. The number of Topliss-reactive ketones (excluding diaryl/α,β-unsaturated/α-hetero) is 3. The summed E-state index contributed by atoms with van der Waals surface area (Å²) in [4.78, 5) is 41.1. The Morgan fingerprint density at radius 1 is 1.02 bits per heavy atom. The summed E-state index contributed by atoms with van der Waals surface area (Å²) >= 11 is 0. The number of phenols is 1. The largest absolute Gasteiger partial charge is 0.511 e. The molecule has 246 valence electrons. The van der Waals surface area contributed by atoms with Crippen LogP contribution in [0, 0.1) is 22.7 Å². The van der Waals surface area contributed by atoms with Gasteiger partial charge in [-0.3, -0.25) is 14.4 Å². The quantitative estimate of drug-likeness (QED) is 0.242. The minimum absolute atomic E-state index is 0.0613. The average molecular weight is 639 g/mol. The third-order valence-corrected chi connectivity index (χ3v) is 11.7. The van der Waals surface area contributed by atoms with Gasteiger partial charge in [0.05, 0.1) is 17.2 Å². The predicted octanol–water partition coefficient (Wildman–Crippen LogP) is 6.22. The van der Waals surface area contributed by atoms with Crippen molar-refractivity contribution in [1.29, 1.82) is 0 Å². The van der Waals surface area contributed by atoms with Crippen molar-refractivity contribution in [3.05, 3.63) is 105 Å². The molecule has 2 aromatic carbocycles. The lowest BCUT2D eigenvalue weighted by atomic mass is 9.41. The molecule has 0 radical (unpaired) electrons. The van der Waals surface area contributed by atoms with Gasteiger partial charge >= 0.3 is 0 Å². The fourth-order valence-corrected chi connectivity index (χ4v) is 9.25. The molecule has 6 rings (SSSR count). The van der Waals surface area contributed by atoms with Gasteiger partial charge in [-0.05, 0) is 60.8 Å². The highest BCUT2D eigenvalue weighted by Gasteiger charge is 2.76. The molecule has 0 heterocycles. The topological polar surface area (TPSA) is 152 Å². The van der Waals surface area contributed by atoms with E-state index in [0.717, 1.165) is 23.6 Å². The normalized spacial score (nSPS) is 32.0. The molecule has 0 spiro atoms. The second kappa shape index (κ2) is 10.6. The van der Waals surface area contributed by atoms with Gasteiger partial charge in [0.25, 0.3) is 0 Å². The van der Waals surface area contributed by atoms with Gasteiger partial charge in [-0.2, -0.15) is 0 Å². The number of carbonyl (C=O) groups is 3. The van der Waals surface area contributed by atoms with Crippen LogP contribution in [0.15, 0.2) is 82.4 Å². The van der Waals surface area contributed by atoms with Gasteiger partial charge in [-0.15, -0.1) is 0 Å². The molecule has 0 aromatic heterocycles. The van der Waals surface area contributed by atoms with Crippen LogP contribution in [0.2, 0.25) is 0 Å². The van der Waals surface area contributed by atoms with Crippen molar-refractivity contribution < 1.29 is 39.9 Å². The predicted molar refractivity (Wildman–Crippen MR) is 177 cm³/mol. The van der Waals surface area contributed by atoms with Gasteiger partial charge in [0.1, 0.15) is 22.8 Å². The van der Waals surface area contributed by atoms with Crippen molar-refractivity contribution in [1.82, 2.24) is 0 Å². The zero-order chi connectivity index (χ0) is 34.5. The number of aliphatic hydroxyl groups excluding tert-OH is 3. The number of hydrogen-bond donors (Lipinski definition) is 5. The molecule has 0 bridgehead atoms. The average Bonchev–Trinajstić information content (AvgIpc) is 3.38. The summed E-state index contributed by atoms with van der Waals surface area (Å²) in [5.74, 6) is -7.00. The first kappa shape index (κ1) is 32.7. The zero-order valence-corrected chi connectivity index (χ0v) is 27.8. The maximum atomic E-state index is 14.5. The number of phenolic OH excluding ortho intramolecular Hbond substituents is 1. The Morgan fingerprint density at radius 2 is 1.66 bits per heavy atom. The van der Waals surface area contributed by atoms with Gasteiger partial charge in [-0.25, -0.2) is 0 Å². The monoisotopic (exact) mass is 638 g/mol. The van der Waals surface area contributed by atoms with Crippen molar-refractivity contribution in [3.8, 4) is 5.75 Å². The highest BCUT2D eigenvalue weighted by molar-refractivity contribution is 6.25. The molecule has 0 aliphatic heterocycles. The van der Waals surface area contributed by atoms with Crippen molar-refractivity contribution in [2.75, 3.05) is 0 Å². The van der Waals surface area contributed by atoms with E-state index in [1.54, 1.807) is 39.8 Å². The molecule has 0 saturated heterocycles. The van der Waals surface area contributed by atoms with E-state index in [1.165, 1.54) is 12.5 Å². The minimum Gasteiger partial charge on any atom is -0.511 e. The number of aliphatic hydroxyl groups is 4. The Kier molecular flexibility index (Phi) is 7.38. The molecule has 0 amide bonds. The van der Waals surface area contributed by atoms with E-state index in [1.807, 2.05) is 30.3 Å². The molecule has 0 saturated carbocycles. The van der Waals surface area contributed by atoms with Gasteiger partial charge in [0.15, 0.2) is 17.2 Å². The van der Waals surface area contributed by atoms with Crippen molar-refractivity contribution >= 4 is 22.9 Å². The lowest BCUT2D eigenvalue weighted by Crippen LogP contribution is -2.73. The van der Waals surface area contributed by atoms with Crippen LogP contribution in [0.4, 0.5) is 0 Å². The van der Waals surface area contributed by atoms with E-state index in [-0.39, 0.29) is 16.9 Å². The van der Waals surface area contributed by atoms with Gasteiger partial charge in [-0.1, -0.05) is 94.3 Å². The molecule has 1 unspecified atom stereocenters. The van der Waals surface area contributed by atoms with E-state index in [9.17, 15) is 39.9 Å². The molecule has 2 aromatic rings. The maximum Gasteiger partial charge on any atom is 0.209 e. The third kappa shape index (κ3) is 4.04. The molecule has 4 aliphatic rings. The highest BCUT2D eigenvalue weighted by atomic mass is 16.4. The first-order chi connectivity index (χ1) is 21.9. The van der Waals surface area contributed by atoms with Crippen LogP contribution in [0.5, 0.6) is 5.75 Å². The minimum atomic E-state index is -2.91. The SMILES string of the molecule is CC(=O)C1=C(O)C(C(C)C)[C@@]2(C)[C@H](O)[C@]3(C)C(=C(O)[C@@]2(O)C1=O)C(=O)c1c(ccc(CC2=CC(c4ccccc4)=C(C)C2)c1O)[C@H]3C. The summed E-state index contributed by atoms with van der Waals surface area (Å²) < 4.78 is 0. The van der Waals surface area contributed by atoms with E-state index in [2.05, 4.69) is 13.0 Å². The number of fused-ring (bicyclic) bond motifs is 3. The van der Waals surface area contributed by atoms with Crippen molar-refractivity contribution in [3.63, 3.8) is 0 Å². The lowest BCUT2D eigenvalue weighted by Gasteiger charge is -2.63. The second-order valence-corrected chi connectivity index (χ2v) is 14.6. The Bertz CT molecular complexity index is 1890. The molecule has 8 nitrogen and oxygen atoms in total. The standard InChI is InChI=1S/C39H42O8/c1-18(2)29-32(42)27(21(5)40)34(44)39(47)35(45)30-33(43)28-25(20(4)37(30,6)36(46)38(29,39)7)14-13-24(31(28)41)16-22-15-19(3)26(17-22)23-11-9-8-10-12-23/h8-14,17-18,20,29,36,41-42,45-47H,15-16H2,1-7H3/t20-,29?,36-,37+,38+,39+/m1/s1. The number of aromatic hydroxyl groups is 1. The molecular formula is C39H42O8. The van der Waals surface area contributed by atoms with Crippen LogP contribution in [0.25, 0.3) is 5.57 Å². The molecule has 47 heavy (non-hydrogen) atoms. The fraction of sp³-hybridized carbons (Fsp3) is 0.410. The van der Waals surface area contributed by atoms with Gasteiger partial charge < -0.3 is 25.5 Å². The lowest BCUT2D eigenvalue weighted by molar-refractivity contribution is -0.211. The highest BCUT2D eigenvalue weighted by Crippen LogP contribution is 2.67. The molecule has 5 N–H and O–H groups in total. The van der Waals surface area contributed by atoms with E-state index < -0.39 is 74.7 Å². The van der Waals surface area contributed by atoms with Crippen molar-refractivity contribution in [2.24, 2.45) is 22.7 Å². The molecular weight excluding hydrogens is 596 g/mol. The second-order valence-electron chi connectivity index (χ2n) is 14.6. The summed E-state index contributed by atoms with van der Waals surface area (Å²) in [5, 5.41) is 59.7. The molecule has 8 heteroatoms. The molecule has 0 fully saturated rings. The van der Waals surface area contributed by atoms with E-state index in [4.69, 9.17) is 0 Å². The van der Waals surface area contributed by atoms with Crippen LogP contribution in [0.1, 0.15) is 87.9 Å². The van der Waals surface area contributed by atoms with Crippen LogP contribution in [0.3, 0.4) is 0 Å². The zero-order valence-electron chi connectivity index (χ0n) is 27.8. The van der Waals surface area contributed by atoms with Crippen LogP contribution < -0.4 is 0 Å². The van der Waals surface area contributed by atoms with E-state index in [0.29, 0.717) is 24.0 Å². The Labute approximate surface area is 274 Å². The maximum absolute atomic E-state index is 14.5. The third-order valence-electron chi connectivity index (χ3n) is 11.7. The summed E-state index contributed by atoms with van der Waals surface area (Å²) in [6.07, 6.45) is 1.51. The summed E-state index contributed by atoms with van der Waals surface area (Å²) in [6, 6.07) is 13.5. The van der Waals surface area contributed by atoms with Crippen LogP contribution in [-0.2, 0) is 16.0 Å². The Morgan fingerprint density at radius 3 is 2.26 bits per heavy atom. The van der Waals surface area contributed by atoms with Crippen LogP contribution >= 0.6 is 0 Å². The number of hydrogen-bond acceptors (Lipinski definition) is 8. The van der Waals surface area contributed by atoms with Gasteiger partial charge in [0.2, 0.25) is 5.78 Å². The smallest absolute Gasteiger partial charge is 0.209 e. The fourth-order valence-electron chi connectivity index (χ4n) is 9.25. The number of carbonyl (C=O) groups excluding carboxylic acids is 3. The number of ketones is 3. The van der Waals surface area contributed by atoms with Gasteiger partial charge in [0, 0.05) is 16.7 Å². The number of allylic oxidation sites excluding steroid dienone is 5. The molecule has 6 atom stereocenters. The summed E-state index contributed by atoms with van der Waals surface area (Å²) in [7, 11) is 0. The first-order valence-electron chi connectivity index (χ1n) is 16.1. The Hall–Kier alpha value is -4.27. The van der Waals surface area contributed by atoms with Crippen molar-refractivity contribution in [2.45, 2.75) is 78.9 Å². The van der Waals surface area contributed by atoms with Crippen LogP contribution in [-0.4, -0.2) is 54.6 Å². The van der Waals surface area contributed by atoms with E-state index >= 15 is 0 Å². The summed E-state index contributed by atoms with van der Waals surface area (Å²) in [5.41, 5.74) is -2.11.